The van der Waals surface area contributed by atoms with Gasteiger partial charge in [-0.15, -0.1) is 0 Å². The molecule has 3 aromatic carbocycles. The number of aliphatic imine (C=N–C) groups is 1. The number of ether oxygens (including phenoxy) is 1. The zero-order valence-corrected chi connectivity index (χ0v) is 16.1. The summed E-state index contributed by atoms with van der Waals surface area (Å²) in [6, 6.07) is 17.9. The molecule has 1 N–H and O–H groups in total. The van der Waals surface area contributed by atoms with Crippen LogP contribution in [0.15, 0.2) is 70.6 Å². The number of hydrogen-bond donors (Lipinski definition) is 1. The van der Waals surface area contributed by atoms with Crippen molar-refractivity contribution >= 4 is 51.1 Å². The second-order valence-electron chi connectivity index (χ2n) is 6.16. The summed E-state index contributed by atoms with van der Waals surface area (Å²) in [5.74, 6) is 0.124. The molecular formula is C21H15N3O4S. The number of amides is 1. The van der Waals surface area contributed by atoms with Gasteiger partial charge in [0.1, 0.15) is 5.75 Å². The lowest BCUT2D eigenvalue weighted by Crippen LogP contribution is -2.19. The van der Waals surface area contributed by atoms with E-state index in [1.807, 2.05) is 42.5 Å². The van der Waals surface area contributed by atoms with E-state index in [4.69, 9.17) is 4.74 Å². The van der Waals surface area contributed by atoms with Crippen LogP contribution in [-0.4, -0.2) is 23.1 Å². The Kier molecular flexibility index (Phi) is 5.01. The number of carbonyl (C=O) groups is 1. The van der Waals surface area contributed by atoms with Crippen LogP contribution >= 0.6 is 11.8 Å². The van der Waals surface area contributed by atoms with Crippen LogP contribution in [0.4, 0.5) is 11.4 Å². The molecule has 1 amide bonds. The molecule has 0 bridgehead atoms. The summed E-state index contributed by atoms with van der Waals surface area (Å²) in [5, 5.41) is 16.3. The molecule has 0 unspecified atom stereocenters. The van der Waals surface area contributed by atoms with Gasteiger partial charge in [0.25, 0.3) is 11.6 Å². The summed E-state index contributed by atoms with van der Waals surface area (Å²) in [4.78, 5) is 27.9. The number of nitrogens with one attached hydrogen (secondary N) is 1. The Bertz CT molecular complexity index is 1200. The molecule has 0 aliphatic carbocycles. The van der Waals surface area contributed by atoms with E-state index in [0.717, 1.165) is 16.5 Å². The van der Waals surface area contributed by atoms with E-state index >= 15 is 0 Å². The number of thioether (sulfide) groups is 1. The van der Waals surface area contributed by atoms with Crippen LogP contribution in [0.25, 0.3) is 16.8 Å². The maximum Gasteiger partial charge on any atom is 0.270 e. The molecule has 1 heterocycles. The first-order chi connectivity index (χ1) is 14.0. The lowest BCUT2D eigenvalue weighted by molar-refractivity contribution is -0.384. The zero-order valence-electron chi connectivity index (χ0n) is 15.3. The number of carbonyl (C=O) groups excluding carboxylic acids is 1. The highest BCUT2D eigenvalue weighted by molar-refractivity contribution is 8.18. The van der Waals surface area contributed by atoms with Crippen LogP contribution in [0.2, 0.25) is 0 Å². The van der Waals surface area contributed by atoms with E-state index < -0.39 is 4.92 Å². The predicted octanol–water partition coefficient (Wildman–Crippen LogP) is 4.65. The zero-order chi connectivity index (χ0) is 20.4. The monoisotopic (exact) mass is 405 g/mol. The molecular weight excluding hydrogens is 390 g/mol. The quantitative estimate of drug-likeness (QED) is 0.387. The minimum atomic E-state index is -0.489. The Morgan fingerprint density at radius 3 is 2.72 bits per heavy atom. The first kappa shape index (κ1) is 18.7. The Balaban J connectivity index is 1.69. The van der Waals surface area contributed by atoms with Crippen LogP contribution in [-0.2, 0) is 4.79 Å². The number of nitrogens with zero attached hydrogens (tertiary/aromatic N) is 2. The standard InChI is InChI=1S/C21H15N3O4S/c1-28-18-10-9-15(24(26)27)11-14(18)12-19-20(25)23-21(29-19)22-17-8-4-6-13-5-2-3-7-16(13)17/h2-12H,1H3,(H,22,23,25)/b19-12-. The molecule has 0 aromatic heterocycles. The van der Waals surface area contributed by atoms with Crippen LogP contribution in [0.3, 0.4) is 0 Å². The van der Waals surface area contributed by atoms with Crippen molar-refractivity contribution in [3.8, 4) is 5.75 Å². The predicted molar refractivity (Wildman–Crippen MR) is 114 cm³/mol. The van der Waals surface area contributed by atoms with Gasteiger partial charge in [0.2, 0.25) is 0 Å². The third-order valence-corrected chi connectivity index (χ3v) is 5.26. The number of nitro benzene ring substituents is 1. The van der Waals surface area contributed by atoms with Crippen molar-refractivity contribution in [1.82, 2.24) is 5.32 Å². The van der Waals surface area contributed by atoms with Gasteiger partial charge in [0.05, 0.1) is 22.6 Å². The van der Waals surface area contributed by atoms with Gasteiger partial charge in [-0.1, -0.05) is 36.4 Å². The van der Waals surface area contributed by atoms with Gasteiger partial charge < -0.3 is 10.1 Å². The van der Waals surface area contributed by atoms with Gasteiger partial charge in [-0.25, -0.2) is 4.99 Å². The molecule has 1 aliphatic rings. The van der Waals surface area contributed by atoms with E-state index in [9.17, 15) is 14.9 Å². The van der Waals surface area contributed by atoms with Crippen LogP contribution < -0.4 is 10.1 Å². The van der Waals surface area contributed by atoms with Crippen molar-refractivity contribution in [3.05, 3.63) is 81.2 Å². The maximum atomic E-state index is 12.4. The molecule has 29 heavy (non-hydrogen) atoms. The number of rotatable bonds is 4. The average Bonchev–Trinajstić information content (AvgIpc) is 3.07. The molecule has 0 radical (unpaired) electrons. The molecule has 0 atom stereocenters. The molecule has 0 saturated carbocycles. The Hall–Kier alpha value is -3.65. The van der Waals surface area contributed by atoms with Gasteiger partial charge in [-0.2, -0.15) is 0 Å². The summed E-state index contributed by atoms with van der Waals surface area (Å²) >= 11 is 1.18. The van der Waals surface area contributed by atoms with Gasteiger partial charge in [0, 0.05) is 23.1 Å². The second-order valence-corrected chi connectivity index (χ2v) is 7.19. The summed E-state index contributed by atoms with van der Waals surface area (Å²) in [7, 11) is 1.47. The highest BCUT2D eigenvalue weighted by Gasteiger charge is 2.25. The number of nitro groups is 1. The molecule has 1 fully saturated rings. The first-order valence-electron chi connectivity index (χ1n) is 8.65. The van der Waals surface area contributed by atoms with Crippen molar-refractivity contribution in [2.24, 2.45) is 4.99 Å². The SMILES string of the molecule is COc1ccc([N+](=O)[O-])cc1/C=C1\SC(=Nc2cccc3ccccc23)NC1=O. The van der Waals surface area contributed by atoms with E-state index in [1.165, 1.54) is 37.1 Å². The molecule has 7 nitrogen and oxygen atoms in total. The third-order valence-electron chi connectivity index (χ3n) is 4.35. The molecule has 8 heteroatoms. The molecule has 4 rings (SSSR count). The molecule has 0 spiro atoms. The second kappa shape index (κ2) is 7.76. The molecule has 3 aromatic rings. The number of methoxy groups -OCH3 is 1. The van der Waals surface area contributed by atoms with Crippen LogP contribution in [0.1, 0.15) is 5.56 Å². The summed E-state index contributed by atoms with van der Waals surface area (Å²) < 4.78 is 5.26. The largest absolute Gasteiger partial charge is 0.496 e. The fourth-order valence-electron chi connectivity index (χ4n) is 2.99. The Labute approximate surface area is 170 Å². The minimum absolute atomic E-state index is 0.0781. The average molecular weight is 405 g/mol. The summed E-state index contributed by atoms with van der Waals surface area (Å²) in [5.41, 5.74) is 1.12. The van der Waals surface area contributed by atoms with Crippen molar-refractivity contribution in [3.63, 3.8) is 0 Å². The van der Waals surface area contributed by atoms with Crippen molar-refractivity contribution in [2.45, 2.75) is 0 Å². The van der Waals surface area contributed by atoms with E-state index in [-0.39, 0.29) is 11.6 Å². The Morgan fingerprint density at radius 2 is 1.93 bits per heavy atom. The maximum absolute atomic E-state index is 12.4. The molecule has 1 aliphatic heterocycles. The van der Waals surface area contributed by atoms with Gasteiger partial charge >= 0.3 is 0 Å². The van der Waals surface area contributed by atoms with Crippen LogP contribution in [0.5, 0.6) is 5.75 Å². The lowest BCUT2D eigenvalue weighted by Gasteiger charge is -2.04. The van der Waals surface area contributed by atoms with Crippen molar-refractivity contribution < 1.29 is 14.5 Å². The first-order valence-corrected chi connectivity index (χ1v) is 9.46. The third kappa shape index (κ3) is 3.83. The summed E-state index contributed by atoms with van der Waals surface area (Å²) in [6.07, 6.45) is 1.57. The number of fused-ring (bicyclic) bond motifs is 1. The van der Waals surface area contributed by atoms with Crippen LogP contribution in [0, 0.1) is 10.1 Å². The highest BCUT2D eigenvalue weighted by atomic mass is 32.2. The normalized spacial score (nSPS) is 16.4. The van der Waals surface area contributed by atoms with E-state index in [0.29, 0.717) is 21.4 Å². The number of amidine groups is 1. The fraction of sp³-hybridized carbons (Fsp3) is 0.0476. The van der Waals surface area contributed by atoms with Crippen molar-refractivity contribution in [2.75, 3.05) is 7.11 Å². The highest BCUT2D eigenvalue weighted by Crippen LogP contribution is 2.33. The number of hydrogen-bond acceptors (Lipinski definition) is 6. The molecule has 1 saturated heterocycles. The van der Waals surface area contributed by atoms with E-state index in [1.54, 1.807) is 6.08 Å². The fourth-order valence-corrected chi connectivity index (χ4v) is 3.81. The van der Waals surface area contributed by atoms with Gasteiger partial charge in [0.15, 0.2) is 5.17 Å². The van der Waals surface area contributed by atoms with Crippen molar-refractivity contribution in [1.29, 1.82) is 0 Å². The van der Waals surface area contributed by atoms with E-state index in [2.05, 4.69) is 10.3 Å². The smallest absolute Gasteiger partial charge is 0.270 e. The number of benzene rings is 3. The summed E-state index contributed by atoms with van der Waals surface area (Å²) in [6.45, 7) is 0. The van der Waals surface area contributed by atoms with Gasteiger partial charge in [-0.3, -0.25) is 14.9 Å². The lowest BCUT2D eigenvalue weighted by atomic mass is 10.1. The number of non-ortho nitro benzene ring substituents is 1. The minimum Gasteiger partial charge on any atom is -0.496 e. The Morgan fingerprint density at radius 1 is 1.14 bits per heavy atom. The molecule has 144 valence electrons. The topological polar surface area (TPSA) is 93.8 Å². The van der Waals surface area contributed by atoms with Gasteiger partial charge in [-0.05, 0) is 35.4 Å².